The molecule has 7 nitrogen and oxygen atoms in total. The third-order valence-corrected chi connectivity index (χ3v) is 4.69. The first kappa shape index (κ1) is 22.6. The molecule has 0 aliphatic heterocycles. The van der Waals surface area contributed by atoms with E-state index in [0.29, 0.717) is 27.8 Å². The summed E-state index contributed by atoms with van der Waals surface area (Å²) in [5.74, 6) is 1.30. The Morgan fingerprint density at radius 2 is 1.81 bits per heavy atom. The number of pyridine rings is 1. The third-order valence-electron chi connectivity index (χ3n) is 4.39. The smallest absolute Gasteiger partial charge is 0.253 e. The van der Waals surface area contributed by atoms with Gasteiger partial charge in [-0.25, -0.2) is 9.67 Å². The van der Waals surface area contributed by atoms with Gasteiger partial charge in [0.25, 0.3) is 5.91 Å². The first-order valence-corrected chi connectivity index (χ1v) is 10.6. The van der Waals surface area contributed by atoms with E-state index in [0.717, 1.165) is 11.5 Å². The van der Waals surface area contributed by atoms with E-state index in [4.69, 9.17) is 11.6 Å². The molecule has 31 heavy (non-hydrogen) atoms. The van der Waals surface area contributed by atoms with Gasteiger partial charge < -0.3 is 16.0 Å². The summed E-state index contributed by atoms with van der Waals surface area (Å²) >= 11 is 6.40. The fourth-order valence-electron chi connectivity index (χ4n) is 3.08. The van der Waals surface area contributed by atoms with Crippen molar-refractivity contribution >= 4 is 40.5 Å². The number of carbonyl (C=O) groups excluding carboxylic acids is 1. The number of hydrogen-bond acceptors (Lipinski definition) is 5. The van der Waals surface area contributed by atoms with Gasteiger partial charge in [0.2, 0.25) is 0 Å². The van der Waals surface area contributed by atoms with Crippen molar-refractivity contribution in [3.05, 3.63) is 58.9 Å². The standard InChI is InChI=1S/C23H29ClN6O/c1-14(2)30-21(11-15(3)29-30)27-20-12-19(17(24)13-25-20)26-18-10-8-7-9-16(18)22(31)28-23(4,5)6/h7-14H,1-6H3,(H,28,31)(H2,25,26,27). The topological polar surface area (TPSA) is 83.9 Å². The maximum atomic E-state index is 12.7. The Balaban J connectivity index is 1.88. The lowest BCUT2D eigenvalue weighted by Gasteiger charge is -2.22. The number of nitrogens with one attached hydrogen (secondary N) is 3. The number of nitrogens with zero attached hydrogens (tertiary/aromatic N) is 3. The van der Waals surface area contributed by atoms with Crippen molar-refractivity contribution in [2.24, 2.45) is 0 Å². The van der Waals surface area contributed by atoms with Gasteiger partial charge in [0, 0.05) is 23.7 Å². The van der Waals surface area contributed by atoms with Crippen LogP contribution in [0.2, 0.25) is 5.02 Å². The van der Waals surface area contributed by atoms with Crippen molar-refractivity contribution in [3.8, 4) is 0 Å². The van der Waals surface area contributed by atoms with Crippen molar-refractivity contribution in [1.29, 1.82) is 0 Å². The Kier molecular flexibility index (Phi) is 6.55. The minimum atomic E-state index is -0.340. The van der Waals surface area contributed by atoms with Crippen molar-refractivity contribution in [1.82, 2.24) is 20.1 Å². The monoisotopic (exact) mass is 440 g/mol. The highest BCUT2D eigenvalue weighted by Crippen LogP contribution is 2.30. The van der Waals surface area contributed by atoms with Gasteiger partial charge in [-0.3, -0.25) is 4.79 Å². The van der Waals surface area contributed by atoms with Gasteiger partial charge in [0.1, 0.15) is 11.6 Å². The Bertz CT molecular complexity index is 1080. The number of hydrogen-bond donors (Lipinski definition) is 3. The van der Waals surface area contributed by atoms with Gasteiger partial charge in [0.15, 0.2) is 0 Å². The van der Waals surface area contributed by atoms with E-state index in [1.165, 1.54) is 0 Å². The highest BCUT2D eigenvalue weighted by atomic mass is 35.5. The van der Waals surface area contributed by atoms with Gasteiger partial charge in [-0.05, 0) is 53.7 Å². The molecule has 0 spiro atoms. The van der Waals surface area contributed by atoms with Crippen molar-refractivity contribution in [2.75, 3.05) is 10.6 Å². The summed E-state index contributed by atoms with van der Waals surface area (Å²) in [4.78, 5) is 17.1. The van der Waals surface area contributed by atoms with E-state index in [-0.39, 0.29) is 17.5 Å². The Morgan fingerprint density at radius 1 is 1.10 bits per heavy atom. The Labute approximate surface area is 188 Å². The predicted octanol–water partition coefficient (Wildman–Crippen LogP) is 5.84. The molecule has 3 N–H and O–H groups in total. The van der Waals surface area contributed by atoms with E-state index in [1.54, 1.807) is 12.3 Å². The second kappa shape index (κ2) is 8.98. The highest BCUT2D eigenvalue weighted by Gasteiger charge is 2.18. The molecule has 0 unspecified atom stereocenters. The van der Waals surface area contributed by atoms with E-state index >= 15 is 0 Å². The second-order valence-corrected chi connectivity index (χ2v) is 9.17. The molecular formula is C23H29ClN6O. The molecule has 2 heterocycles. The lowest BCUT2D eigenvalue weighted by molar-refractivity contribution is 0.0920. The molecule has 0 saturated heterocycles. The number of para-hydroxylation sites is 1. The number of aromatic nitrogens is 3. The molecule has 0 fully saturated rings. The largest absolute Gasteiger partial charge is 0.354 e. The number of rotatable bonds is 6. The van der Waals surface area contributed by atoms with Crippen molar-refractivity contribution in [2.45, 2.75) is 53.1 Å². The zero-order chi connectivity index (χ0) is 22.8. The summed E-state index contributed by atoms with van der Waals surface area (Å²) in [6.45, 7) is 11.9. The quantitative estimate of drug-likeness (QED) is 0.448. The Morgan fingerprint density at radius 3 is 2.48 bits per heavy atom. The molecule has 3 aromatic rings. The van der Waals surface area contributed by atoms with Crippen LogP contribution < -0.4 is 16.0 Å². The van der Waals surface area contributed by atoms with Gasteiger partial charge >= 0.3 is 0 Å². The van der Waals surface area contributed by atoms with Crippen LogP contribution in [-0.4, -0.2) is 26.2 Å². The molecule has 3 rings (SSSR count). The zero-order valence-corrected chi connectivity index (χ0v) is 19.5. The lowest BCUT2D eigenvalue weighted by atomic mass is 10.1. The normalized spacial score (nSPS) is 11.5. The van der Waals surface area contributed by atoms with E-state index in [1.807, 2.05) is 62.7 Å². The van der Waals surface area contributed by atoms with E-state index < -0.39 is 0 Å². The van der Waals surface area contributed by atoms with Crippen LogP contribution in [-0.2, 0) is 0 Å². The molecule has 0 aliphatic carbocycles. The van der Waals surface area contributed by atoms with Crippen LogP contribution in [0.1, 0.15) is 56.7 Å². The summed E-state index contributed by atoms with van der Waals surface area (Å²) in [6, 6.07) is 11.3. The molecule has 2 aromatic heterocycles. The average Bonchev–Trinajstić information content (AvgIpc) is 3.04. The number of benzene rings is 1. The maximum absolute atomic E-state index is 12.7. The van der Waals surface area contributed by atoms with Gasteiger partial charge in [-0.15, -0.1) is 0 Å². The minimum Gasteiger partial charge on any atom is -0.354 e. The zero-order valence-electron chi connectivity index (χ0n) is 18.7. The van der Waals surface area contributed by atoms with Crippen LogP contribution in [0.25, 0.3) is 0 Å². The highest BCUT2D eigenvalue weighted by molar-refractivity contribution is 6.33. The first-order chi connectivity index (χ1) is 14.5. The van der Waals surface area contributed by atoms with Crippen molar-refractivity contribution in [3.63, 3.8) is 0 Å². The predicted molar refractivity (Wildman–Crippen MR) is 127 cm³/mol. The molecule has 164 valence electrons. The number of carbonyl (C=O) groups is 1. The average molecular weight is 441 g/mol. The summed E-state index contributed by atoms with van der Waals surface area (Å²) in [5, 5.41) is 14.5. The molecule has 1 aromatic carbocycles. The summed E-state index contributed by atoms with van der Waals surface area (Å²) in [6.07, 6.45) is 1.58. The number of anilines is 4. The molecule has 1 amide bonds. The fourth-order valence-corrected chi connectivity index (χ4v) is 3.23. The van der Waals surface area contributed by atoms with Crippen LogP contribution in [0.4, 0.5) is 23.0 Å². The number of aryl methyl sites for hydroxylation is 1. The van der Waals surface area contributed by atoms with Crippen molar-refractivity contribution < 1.29 is 4.79 Å². The second-order valence-electron chi connectivity index (χ2n) is 8.76. The molecular weight excluding hydrogens is 412 g/mol. The fraction of sp³-hybridized carbons (Fsp3) is 0.348. The van der Waals surface area contributed by atoms with Crippen LogP contribution in [0.15, 0.2) is 42.6 Å². The Hall–Kier alpha value is -3.06. The van der Waals surface area contributed by atoms with Gasteiger partial charge in [-0.1, -0.05) is 23.7 Å². The third kappa shape index (κ3) is 5.76. The summed E-state index contributed by atoms with van der Waals surface area (Å²) < 4.78 is 1.91. The lowest BCUT2D eigenvalue weighted by Crippen LogP contribution is -2.40. The van der Waals surface area contributed by atoms with E-state index in [2.05, 4.69) is 39.9 Å². The minimum absolute atomic E-state index is 0.157. The summed E-state index contributed by atoms with van der Waals surface area (Å²) in [5.41, 5.74) is 2.41. The maximum Gasteiger partial charge on any atom is 0.253 e. The molecule has 0 saturated carbocycles. The SMILES string of the molecule is Cc1cc(Nc2cc(Nc3ccccc3C(=O)NC(C)(C)C)c(Cl)cn2)n(C(C)C)n1. The number of amides is 1. The van der Waals surface area contributed by atoms with Crippen LogP contribution in [0, 0.1) is 6.92 Å². The molecule has 0 atom stereocenters. The molecule has 0 aliphatic rings. The first-order valence-electron chi connectivity index (χ1n) is 10.2. The van der Waals surface area contributed by atoms with Gasteiger partial charge in [-0.2, -0.15) is 5.10 Å². The van der Waals surface area contributed by atoms with Crippen LogP contribution >= 0.6 is 11.6 Å². The molecule has 0 bridgehead atoms. The van der Waals surface area contributed by atoms with Crippen LogP contribution in [0.5, 0.6) is 0 Å². The molecule has 0 radical (unpaired) electrons. The molecule has 8 heteroatoms. The van der Waals surface area contributed by atoms with E-state index in [9.17, 15) is 4.79 Å². The van der Waals surface area contributed by atoms with Gasteiger partial charge in [0.05, 0.1) is 33.9 Å². The number of halogens is 1. The summed E-state index contributed by atoms with van der Waals surface area (Å²) in [7, 11) is 0. The van der Waals surface area contributed by atoms with Crippen LogP contribution in [0.3, 0.4) is 0 Å².